The minimum absolute atomic E-state index is 0.0242. The maximum atomic E-state index is 2.40. The van der Waals surface area contributed by atoms with Crippen molar-refractivity contribution >= 4 is 60.3 Å². The lowest BCUT2D eigenvalue weighted by Crippen LogP contribution is -2.15. The number of hydrogen-bond donors (Lipinski definition) is 0. The van der Waals surface area contributed by atoms with E-state index in [9.17, 15) is 0 Å². The molecule has 0 aliphatic heterocycles. The third-order valence-corrected chi connectivity index (χ3v) is 11.6. The zero-order valence-corrected chi connectivity index (χ0v) is 28.8. The lowest BCUT2D eigenvalue weighted by molar-refractivity contribution is 0.660. The van der Waals surface area contributed by atoms with Gasteiger partial charge in [-0.25, -0.2) is 0 Å². The van der Waals surface area contributed by atoms with E-state index in [0.717, 1.165) is 17.1 Å². The summed E-state index contributed by atoms with van der Waals surface area (Å²) >= 11 is 1.79. The van der Waals surface area contributed by atoms with Crippen molar-refractivity contribution in [2.45, 2.75) is 19.3 Å². The van der Waals surface area contributed by atoms with Crippen LogP contribution in [-0.4, -0.2) is 4.57 Å². The molecule has 0 N–H and O–H groups in total. The van der Waals surface area contributed by atoms with E-state index in [4.69, 9.17) is 0 Å². The molecule has 2 nitrogen and oxygen atoms in total. The molecule has 2 aromatic heterocycles. The predicted octanol–water partition coefficient (Wildman–Crippen LogP) is 13.4. The number of fused-ring (bicyclic) bond motifs is 7. The van der Waals surface area contributed by atoms with Crippen LogP contribution in [0, 0.1) is 0 Å². The molecule has 9 aromatic rings. The van der Waals surface area contributed by atoms with Gasteiger partial charge in [-0.1, -0.05) is 105 Å². The number of benzene rings is 7. The van der Waals surface area contributed by atoms with Crippen LogP contribution in [0.3, 0.4) is 0 Å². The number of nitrogens with zero attached hydrogens (tertiary/aromatic N) is 2. The molecule has 10 rings (SSSR count). The van der Waals surface area contributed by atoms with E-state index in [-0.39, 0.29) is 5.41 Å². The average molecular weight is 659 g/mol. The molecule has 3 heteroatoms. The molecule has 0 spiro atoms. The van der Waals surface area contributed by atoms with E-state index in [0.29, 0.717) is 0 Å². The molecule has 0 saturated heterocycles. The molecule has 0 bridgehead atoms. The van der Waals surface area contributed by atoms with Crippen LogP contribution in [0.4, 0.5) is 17.1 Å². The molecule has 50 heavy (non-hydrogen) atoms. The first kappa shape index (κ1) is 29.1. The fourth-order valence-electron chi connectivity index (χ4n) is 8.19. The van der Waals surface area contributed by atoms with Gasteiger partial charge in [0.15, 0.2) is 0 Å². The van der Waals surface area contributed by atoms with Crippen LogP contribution in [0.25, 0.3) is 59.8 Å². The summed E-state index contributed by atoms with van der Waals surface area (Å²) in [7, 11) is 0. The summed E-state index contributed by atoms with van der Waals surface area (Å²) in [6, 6.07) is 60.3. The van der Waals surface area contributed by atoms with Crippen molar-refractivity contribution in [3.8, 4) is 27.9 Å². The standard InChI is InChI=1S/C47H34N2S/c1-47(2)42-12-6-3-9-38(42)41-30-37(23-25-43(41)47)48(36-24-26-46-33(29-36)27-28-50-46)34-19-15-31(16-20-34)32-17-21-35(22-18-32)49-44-13-7-4-10-39(44)40-11-5-8-14-45(40)49/h3-30H,1-2H3. The molecule has 0 fully saturated rings. The third-order valence-electron chi connectivity index (χ3n) is 10.7. The summed E-state index contributed by atoms with van der Waals surface area (Å²) in [6.45, 7) is 4.68. The second-order valence-electron chi connectivity index (χ2n) is 13.8. The van der Waals surface area contributed by atoms with Crippen LogP contribution in [-0.2, 0) is 5.41 Å². The largest absolute Gasteiger partial charge is 0.310 e. The molecule has 238 valence electrons. The molecule has 2 heterocycles. The van der Waals surface area contributed by atoms with Crippen LogP contribution in [0.1, 0.15) is 25.0 Å². The minimum Gasteiger partial charge on any atom is -0.310 e. The average Bonchev–Trinajstić information content (AvgIpc) is 3.83. The van der Waals surface area contributed by atoms with E-state index >= 15 is 0 Å². The Balaban J connectivity index is 1.04. The lowest BCUT2D eigenvalue weighted by atomic mass is 9.82. The Bertz CT molecular complexity index is 2670. The Kier molecular flexibility index (Phi) is 6.43. The van der Waals surface area contributed by atoms with Crippen molar-refractivity contribution in [2.75, 3.05) is 4.90 Å². The van der Waals surface area contributed by atoms with Crippen molar-refractivity contribution in [1.82, 2.24) is 4.57 Å². The van der Waals surface area contributed by atoms with Crippen LogP contribution >= 0.6 is 11.3 Å². The molecule has 0 amide bonds. The first-order chi connectivity index (χ1) is 24.5. The number of aromatic nitrogens is 1. The van der Waals surface area contributed by atoms with Gasteiger partial charge in [0.25, 0.3) is 0 Å². The van der Waals surface area contributed by atoms with Crippen LogP contribution in [0.15, 0.2) is 169 Å². The van der Waals surface area contributed by atoms with Crippen molar-refractivity contribution < 1.29 is 0 Å². The molecule has 0 unspecified atom stereocenters. The summed E-state index contributed by atoms with van der Waals surface area (Å²) in [5.41, 5.74) is 14.9. The Labute approximate surface area is 296 Å². The molecule has 0 saturated carbocycles. The molecule has 1 aliphatic rings. The normalized spacial score (nSPS) is 13.2. The van der Waals surface area contributed by atoms with Gasteiger partial charge in [-0.2, -0.15) is 0 Å². The second-order valence-corrected chi connectivity index (χ2v) is 14.8. The third kappa shape index (κ3) is 4.40. The second kappa shape index (κ2) is 11.1. The van der Waals surface area contributed by atoms with Gasteiger partial charge in [-0.05, 0) is 117 Å². The molecule has 7 aromatic carbocycles. The van der Waals surface area contributed by atoms with Gasteiger partial charge in [0.05, 0.1) is 11.0 Å². The Morgan fingerprint density at radius 1 is 0.500 bits per heavy atom. The van der Waals surface area contributed by atoms with Crippen LogP contribution < -0.4 is 4.90 Å². The van der Waals surface area contributed by atoms with Crippen LogP contribution in [0.5, 0.6) is 0 Å². The molecular weight excluding hydrogens is 625 g/mol. The summed E-state index contributed by atoms with van der Waals surface area (Å²) in [4.78, 5) is 2.40. The molecule has 0 atom stereocenters. The van der Waals surface area contributed by atoms with E-state index in [1.807, 2.05) is 0 Å². The maximum Gasteiger partial charge on any atom is 0.0541 e. The molecular formula is C47H34N2S. The monoisotopic (exact) mass is 658 g/mol. The first-order valence-corrected chi connectivity index (χ1v) is 18.1. The Morgan fingerprint density at radius 3 is 1.82 bits per heavy atom. The van der Waals surface area contributed by atoms with Gasteiger partial charge >= 0.3 is 0 Å². The fourth-order valence-corrected chi connectivity index (χ4v) is 8.97. The minimum atomic E-state index is -0.0242. The van der Waals surface area contributed by atoms with Gasteiger partial charge in [-0.3, -0.25) is 0 Å². The highest BCUT2D eigenvalue weighted by Crippen LogP contribution is 2.50. The number of hydrogen-bond acceptors (Lipinski definition) is 2. The number of rotatable bonds is 5. The van der Waals surface area contributed by atoms with Crippen LogP contribution in [0.2, 0.25) is 0 Å². The zero-order valence-electron chi connectivity index (χ0n) is 28.0. The predicted molar refractivity (Wildman–Crippen MR) is 214 cm³/mol. The van der Waals surface area contributed by atoms with Gasteiger partial charge in [0.2, 0.25) is 0 Å². The number of anilines is 3. The maximum absolute atomic E-state index is 2.40. The number of para-hydroxylation sites is 2. The van der Waals surface area contributed by atoms with Crippen molar-refractivity contribution in [1.29, 1.82) is 0 Å². The topological polar surface area (TPSA) is 8.17 Å². The highest BCUT2D eigenvalue weighted by Gasteiger charge is 2.35. The molecule has 1 aliphatic carbocycles. The van der Waals surface area contributed by atoms with Crippen molar-refractivity contribution in [3.63, 3.8) is 0 Å². The highest BCUT2D eigenvalue weighted by atomic mass is 32.1. The smallest absolute Gasteiger partial charge is 0.0541 e. The summed E-state index contributed by atoms with van der Waals surface area (Å²) in [5, 5.41) is 6.00. The quantitative estimate of drug-likeness (QED) is 0.179. The number of thiophene rings is 1. The van der Waals surface area contributed by atoms with Gasteiger partial charge in [0.1, 0.15) is 0 Å². The van der Waals surface area contributed by atoms with E-state index in [1.54, 1.807) is 11.3 Å². The summed E-state index contributed by atoms with van der Waals surface area (Å²) in [6.07, 6.45) is 0. The summed E-state index contributed by atoms with van der Waals surface area (Å²) in [5.74, 6) is 0. The van der Waals surface area contributed by atoms with E-state index < -0.39 is 0 Å². The summed E-state index contributed by atoms with van der Waals surface area (Å²) < 4.78 is 3.67. The van der Waals surface area contributed by atoms with Crippen molar-refractivity contribution in [3.05, 3.63) is 180 Å². The first-order valence-electron chi connectivity index (χ1n) is 17.3. The zero-order chi connectivity index (χ0) is 33.4. The lowest BCUT2D eigenvalue weighted by Gasteiger charge is -2.27. The fraction of sp³-hybridized carbons (Fsp3) is 0.0638. The van der Waals surface area contributed by atoms with Crippen molar-refractivity contribution in [2.24, 2.45) is 0 Å². The van der Waals surface area contributed by atoms with Gasteiger partial charge in [0, 0.05) is 43.6 Å². The SMILES string of the molecule is CC1(C)c2ccccc2-c2cc(N(c3ccc(-c4ccc(-n5c6ccccc6c6ccccc65)cc4)cc3)c3ccc4sccc4c3)ccc21. The van der Waals surface area contributed by atoms with Gasteiger partial charge < -0.3 is 9.47 Å². The van der Waals surface area contributed by atoms with Gasteiger partial charge in [-0.15, -0.1) is 11.3 Å². The van der Waals surface area contributed by atoms with E-state index in [2.05, 4.69) is 192 Å². The Morgan fingerprint density at radius 2 is 1.08 bits per heavy atom. The Hall–Kier alpha value is -5.90. The molecule has 0 radical (unpaired) electrons. The highest BCUT2D eigenvalue weighted by molar-refractivity contribution is 7.17. The van der Waals surface area contributed by atoms with E-state index in [1.165, 1.54) is 71.0 Å².